The van der Waals surface area contributed by atoms with E-state index in [1.54, 1.807) is 0 Å². The van der Waals surface area contributed by atoms with Crippen molar-refractivity contribution in [3.63, 3.8) is 0 Å². The first kappa shape index (κ1) is 12.2. The zero-order chi connectivity index (χ0) is 13.4. The van der Waals surface area contributed by atoms with Gasteiger partial charge in [-0.2, -0.15) is 0 Å². The number of rotatable bonds is 1. The summed E-state index contributed by atoms with van der Waals surface area (Å²) < 4.78 is 0. The molecule has 19 heavy (non-hydrogen) atoms. The minimum absolute atomic E-state index is 0.394. The zero-order valence-electron chi connectivity index (χ0n) is 11.4. The summed E-state index contributed by atoms with van der Waals surface area (Å²) in [5, 5.41) is 10.4. The number of allylic oxidation sites excluding steroid dienone is 1. The van der Waals surface area contributed by atoms with Gasteiger partial charge in [0.1, 0.15) is 0 Å². The second-order valence-electron chi connectivity index (χ2n) is 5.23. The molecule has 96 valence electrons. The molecule has 0 spiro atoms. The van der Waals surface area contributed by atoms with Crippen molar-refractivity contribution in [1.29, 1.82) is 0 Å². The zero-order valence-corrected chi connectivity index (χ0v) is 11.4. The molecular formula is C18H18O. The summed E-state index contributed by atoms with van der Waals surface area (Å²) in [5.74, 6) is 0. The standard InChI is InChI=1S/C18H18O/c1-12-7-3-4-8-14(12)17-11-18(19)16-10-6-5-9-15(16)13(17)2/h3-10,18-19H,11H2,1-2H3. The molecule has 1 aliphatic rings. The second-order valence-corrected chi connectivity index (χ2v) is 5.23. The minimum atomic E-state index is -0.394. The molecule has 0 radical (unpaired) electrons. The Morgan fingerprint density at radius 3 is 2.26 bits per heavy atom. The van der Waals surface area contributed by atoms with Crippen LogP contribution in [0.3, 0.4) is 0 Å². The molecule has 0 heterocycles. The minimum Gasteiger partial charge on any atom is -0.388 e. The van der Waals surface area contributed by atoms with E-state index < -0.39 is 6.10 Å². The number of aryl methyl sites for hydroxylation is 1. The van der Waals surface area contributed by atoms with E-state index in [9.17, 15) is 5.11 Å². The summed E-state index contributed by atoms with van der Waals surface area (Å²) >= 11 is 0. The second kappa shape index (κ2) is 4.67. The maximum atomic E-state index is 10.4. The fraction of sp³-hybridized carbons (Fsp3) is 0.222. The van der Waals surface area contributed by atoms with Crippen LogP contribution in [0.4, 0.5) is 0 Å². The maximum absolute atomic E-state index is 10.4. The van der Waals surface area contributed by atoms with Crippen LogP contribution in [-0.2, 0) is 0 Å². The van der Waals surface area contributed by atoms with Crippen LogP contribution < -0.4 is 0 Å². The molecule has 0 fully saturated rings. The van der Waals surface area contributed by atoms with Crippen molar-refractivity contribution in [3.05, 3.63) is 70.8 Å². The Labute approximate surface area is 114 Å². The third-order valence-corrected chi connectivity index (χ3v) is 4.04. The van der Waals surface area contributed by atoms with Crippen LogP contribution in [0.25, 0.3) is 11.1 Å². The third kappa shape index (κ3) is 2.00. The van der Waals surface area contributed by atoms with E-state index in [4.69, 9.17) is 0 Å². The van der Waals surface area contributed by atoms with Gasteiger partial charge >= 0.3 is 0 Å². The smallest absolute Gasteiger partial charge is 0.0836 e. The van der Waals surface area contributed by atoms with Crippen LogP contribution in [0.5, 0.6) is 0 Å². The van der Waals surface area contributed by atoms with Crippen molar-refractivity contribution in [3.8, 4) is 0 Å². The van der Waals surface area contributed by atoms with Crippen molar-refractivity contribution < 1.29 is 5.11 Å². The Balaban J connectivity index is 2.21. The van der Waals surface area contributed by atoms with Gasteiger partial charge in [-0.15, -0.1) is 0 Å². The molecule has 1 atom stereocenters. The molecule has 0 bridgehead atoms. The fourth-order valence-electron chi connectivity index (χ4n) is 2.97. The average Bonchev–Trinajstić information content (AvgIpc) is 2.44. The normalized spacial score (nSPS) is 18.4. The van der Waals surface area contributed by atoms with Crippen LogP contribution in [0.1, 0.15) is 41.7 Å². The Morgan fingerprint density at radius 1 is 0.895 bits per heavy atom. The lowest BCUT2D eigenvalue weighted by atomic mass is 9.81. The van der Waals surface area contributed by atoms with Gasteiger partial charge in [-0.25, -0.2) is 0 Å². The Morgan fingerprint density at radius 2 is 1.53 bits per heavy atom. The van der Waals surface area contributed by atoms with E-state index in [1.165, 1.54) is 27.8 Å². The summed E-state index contributed by atoms with van der Waals surface area (Å²) in [6, 6.07) is 16.6. The Hall–Kier alpha value is -1.86. The lowest BCUT2D eigenvalue weighted by Gasteiger charge is -2.26. The third-order valence-electron chi connectivity index (χ3n) is 4.04. The highest BCUT2D eigenvalue weighted by atomic mass is 16.3. The van der Waals surface area contributed by atoms with Crippen LogP contribution in [0.2, 0.25) is 0 Å². The van der Waals surface area contributed by atoms with Gasteiger partial charge in [0.05, 0.1) is 6.10 Å². The van der Waals surface area contributed by atoms with E-state index in [2.05, 4.69) is 44.2 Å². The summed E-state index contributed by atoms with van der Waals surface area (Å²) in [5.41, 5.74) is 7.31. The van der Waals surface area contributed by atoms with Crippen molar-refractivity contribution in [2.75, 3.05) is 0 Å². The van der Waals surface area contributed by atoms with Crippen LogP contribution >= 0.6 is 0 Å². The van der Waals surface area contributed by atoms with Gasteiger partial charge in [0.2, 0.25) is 0 Å². The highest BCUT2D eigenvalue weighted by Crippen LogP contribution is 2.42. The van der Waals surface area contributed by atoms with E-state index >= 15 is 0 Å². The average molecular weight is 250 g/mol. The Bertz CT molecular complexity index is 652. The van der Waals surface area contributed by atoms with E-state index in [1.807, 2.05) is 18.2 Å². The first-order valence-electron chi connectivity index (χ1n) is 6.71. The number of hydrogen-bond acceptors (Lipinski definition) is 1. The molecule has 1 heteroatoms. The monoisotopic (exact) mass is 250 g/mol. The number of aliphatic hydroxyl groups is 1. The quantitative estimate of drug-likeness (QED) is 0.797. The lowest BCUT2D eigenvalue weighted by molar-refractivity contribution is 0.182. The fourth-order valence-corrected chi connectivity index (χ4v) is 2.97. The SMILES string of the molecule is CC1=C(c2ccccc2C)CC(O)c2ccccc21. The molecule has 1 unspecified atom stereocenters. The summed E-state index contributed by atoms with van der Waals surface area (Å²) in [7, 11) is 0. The first-order chi connectivity index (χ1) is 9.18. The molecule has 1 N–H and O–H groups in total. The van der Waals surface area contributed by atoms with Gasteiger partial charge < -0.3 is 5.11 Å². The number of benzene rings is 2. The van der Waals surface area contributed by atoms with Gasteiger partial charge in [-0.05, 0) is 47.2 Å². The molecule has 1 nitrogen and oxygen atoms in total. The van der Waals surface area contributed by atoms with Gasteiger partial charge in [-0.1, -0.05) is 48.5 Å². The molecule has 0 aromatic heterocycles. The maximum Gasteiger partial charge on any atom is 0.0836 e. The predicted octanol–water partition coefficient (Wildman–Crippen LogP) is 4.36. The number of hydrogen-bond donors (Lipinski definition) is 1. The molecule has 0 amide bonds. The highest BCUT2D eigenvalue weighted by Gasteiger charge is 2.23. The molecule has 1 aliphatic carbocycles. The molecule has 2 aromatic carbocycles. The van der Waals surface area contributed by atoms with Crippen molar-refractivity contribution in [1.82, 2.24) is 0 Å². The van der Waals surface area contributed by atoms with Crippen molar-refractivity contribution >= 4 is 11.1 Å². The predicted molar refractivity (Wildman–Crippen MR) is 79.7 cm³/mol. The summed E-state index contributed by atoms with van der Waals surface area (Å²) in [4.78, 5) is 0. The molecule has 0 saturated carbocycles. The van der Waals surface area contributed by atoms with Gasteiger partial charge in [0, 0.05) is 6.42 Å². The molecule has 2 aromatic rings. The van der Waals surface area contributed by atoms with E-state index in [0.29, 0.717) is 6.42 Å². The Kier molecular flexibility index (Phi) is 3.00. The van der Waals surface area contributed by atoms with E-state index in [0.717, 1.165) is 5.56 Å². The van der Waals surface area contributed by atoms with Gasteiger partial charge in [0.15, 0.2) is 0 Å². The lowest BCUT2D eigenvalue weighted by Crippen LogP contribution is -2.09. The molecule has 3 rings (SSSR count). The highest BCUT2D eigenvalue weighted by molar-refractivity contribution is 5.93. The molecular weight excluding hydrogens is 232 g/mol. The molecule has 0 aliphatic heterocycles. The summed E-state index contributed by atoms with van der Waals surface area (Å²) in [6.45, 7) is 4.29. The van der Waals surface area contributed by atoms with Crippen LogP contribution in [0.15, 0.2) is 48.5 Å². The number of aliphatic hydroxyl groups excluding tert-OH is 1. The topological polar surface area (TPSA) is 20.2 Å². The number of fused-ring (bicyclic) bond motifs is 1. The van der Waals surface area contributed by atoms with Crippen LogP contribution in [-0.4, -0.2) is 5.11 Å². The largest absolute Gasteiger partial charge is 0.388 e. The van der Waals surface area contributed by atoms with Crippen molar-refractivity contribution in [2.45, 2.75) is 26.4 Å². The van der Waals surface area contributed by atoms with Gasteiger partial charge in [-0.3, -0.25) is 0 Å². The van der Waals surface area contributed by atoms with Gasteiger partial charge in [0.25, 0.3) is 0 Å². The molecule has 0 saturated heterocycles. The van der Waals surface area contributed by atoms with E-state index in [-0.39, 0.29) is 0 Å². The summed E-state index contributed by atoms with van der Waals surface area (Å²) in [6.07, 6.45) is 0.308. The van der Waals surface area contributed by atoms with Crippen LogP contribution in [0, 0.1) is 6.92 Å². The first-order valence-corrected chi connectivity index (χ1v) is 6.71. The van der Waals surface area contributed by atoms with Crippen molar-refractivity contribution in [2.24, 2.45) is 0 Å².